The smallest absolute Gasteiger partial charge is 0.338 e. The highest BCUT2D eigenvalue weighted by molar-refractivity contribution is 5.92. The summed E-state index contributed by atoms with van der Waals surface area (Å²) >= 11 is 0. The Morgan fingerprint density at radius 2 is 1.64 bits per heavy atom. The minimum atomic E-state index is -0.483. The van der Waals surface area contributed by atoms with Crippen molar-refractivity contribution in [3.63, 3.8) is 0 Å². The molecule has 0 bridgehead atoms. The van der Waals surface area contributed by atoms with E-state index in [1.807, 2.05) is 0 Å². The summed E-state index contributed by atoms with van der Waals surface area (Å²) in [6.45, 7) is 3.13. The highest BCUT2D eigenvalue weighted by Gasteiger charge is 2.13. The third-order valence-electron chi connectivity index (χ3n) is 3.06. The van der Waals surface area contributed by atoms with Gasteiger partial charge in [-0.1, -0.05) is 12.1 Å². The molecule has 4 nitrogen and oxygen atoms in total. The lowest BCUT2D eigenvalue weighted by molar-refractivity contribution is -0.114. The van der Waals surface area contributed by atoms with Gasteiger partial charge in [0.15, 0.2) is 0 Å². The molecule has 0 saturated carbocycles. The Morgan fingerprint density at radius 3 is 2.18 bits per heavy atom. The van der Waals surface area contributed by atoms with Crippen LogP contribution in [0.25, 0.3) is 0 Å². The van der Waals surface area contributed by atoms with Gasteiger partial charge < -0.3 is 10.1 Å². The van der Waals surface area contributed by atoms with Crippen molar-refractivity contribution >= 4 is 17.6 Å². The summed E-state index contributed by atoms with van der Waals surface area (Å²) in [7, 11) is 0. The monoisotopic (exact) mass is 301 g/mol. The minimum Gasteiger partial charge on any atom is -0.454 e. The molecule has 22 heavy (non-hydrogen) atoms. The maximum atomic E-state index is 12.9. The van der Waals surface area contributed by atoms with Crippen LogP contribution in [0.2, 0.25) is 0 Å². The van der Waals surface area contributed by atoms with Crippen LogP contribution in [-0.2, 0) is 9.53 Å². The fourth-order valence-electron chi connectivity index (χ4n) is 1.92. The van der Waals surface area contributed by atoms with E-state index < -0.39 is 12.1 Å². The second-order valence-corrected chi connectivity index (χ2v) is 4.86. The summed E-state index contributed by atoms with van der Waals surface area (Å²) in [4.78, 5) is 23.0. The van der Waals surface area contributed by atoms with E-state index in [0.717, 1.165) is 0 Å². The zero-order chi connectivity index (χ0) is 16.1. The molecule has 1 N–H and O–H groups in total. The first-order valence-electron chi connectivity index (χ1n) is 6.80. The predicted molar refractivity (Wildman–Crippen MR) is 81.0 cm³/mol. The molecular formula is C17H16FNO3. The second-order valence-electron chi connectivity index (χ2n) is 4.86. The van der Waals surface area contributed by atoms with Crippen LogP contribution in [0.1, 0.15) is 35.9 Å². The zero-order valence-corrected chi connectivity index (χ0v) is 12.3. The Balaban J connectivity index is 2.02. The van der Waals surface area contributed by atoms with E-state index in [2.05, 4.69) is 5.32 Å². The van der Waals surface area contributed by atoms with Crippen molar-refractivity contribution in [2.45, 2.75) is 20.0 Å². The summed E-state index contributed by atoms with van der Waals surface area (Å²) < 4.78 is 18.2. The molecular weight excluding hydrogens is 285 g/mol. The lowest BCUT2D eigenvalue weighted by Crippen LogP contribution is -2.10. The van der Waals surface area contributed by atoms with E-state index in [0.29, 0.717) is 16.8 Å². The maximum absolute atomic E-state index is 12.9. The number of ether oxygens (including phenoxy) is 1. The van der Waals surface area contributed by atoms with Crippen LogP contribution in [0.4, 0.5) is 10.1 Å². The summed E-state index contributed by atoms with van der Waals surface area (Å²) in [5.74, 6) is -0.998. The molecule has 0 aliphatic carbocycles. The largest absolute Gasteiger partial charge is 0.454 e. The minimum absolute atomic E-state index is 0.180. The molecule has 0 fully saturated rings. The van der Waals surface area contributed by atoms with Crippen LogP contribution < -0.4 is 5.32 Å². The van der Waals surface area contributed by atoms with Gasteiger partial charge in [0.2, 0.25) is 5.91 Å². The van der Waals surface area contributed by atoms with E-state index >= 15 is 0 Å². The zero-order valence-electron chi connectivity index (χ0n) is 12.3. The molecule has 1 atom stereocenters. The Kier molecular flexibility index (Phi) is 4.88. The number of esters is 1. The van der Waals surface area contributed by atoms with Gasteiger partial charge in [0.25, 0.3) is 0 Å². The maximum Gasteiger partial charge on any atom is 0.338 e. The van der Waals surface area contributed by atoms with E-state index in [9.17, 15) is 14.0 Å². The normalized spacial score (nSPS) is 11.6. The molecule has 0 aliphatic rings. The molecule has 0 heterocycles. The van der Waals surface area contributed by atoms with Gasteiger partial charge in [-0.3, -0.25) is 4.79 Å². The summed E-state index contributed by atoms with van der Waals surface area (Å²) in [5.41, 5.74) is 1.70. The van der Waals surface area contributed by atoms with Gasteiger partial charge in [-0.2, -0.15) is 0 Å². The van der Waals surface area contributed by atoms with Crippen LogP contribution >= 0.6 is 0 Å². The molecule has 0 aliphatic heterocycles. The van der Waals surface area contributed by atoms with Gasteiger partial charge in [0, 0.05) is 12.6 Å². The average Bonchev–Trinajstić information content (AvgIpc) is 2.48. The molecule has 2 rings (SSSR count). The third-order valence-corrected chi connectivity index (χ3v) is 3.06. The van der Waals surface area contributed by atoms with E-state index in [1.165, 1.54) is 19.1 Å². The first kappa shape index (κ1) is 15.7. The van der Waals surface area contributed by atoms with Gasteiger partial charge >= 0.3 is 5.97 Å². The predicted octanol–water partition coefficient (Wildman–Crippen LogP) is 3.70. The first-order valence-corrected chi connectivity index (χ1v) is 6.80. The van der Waals surface area contributed by atoms with Crippen LogP contribution in [0.5, 0.6) is 0 Å². The van der Waals surface area contributed by atoms with Crippen molar-refractivity contribution in [3.8, 4) is 0 Å². The van der Waals surface area contributed by atoms with Crippen molar-refractivity contribution in [2.24, 2.45) is 0 Å². The number of hydrogen-bond acceptors (Lipinski definition) is 3. The van der Waals surface area contributed by atoms with Crippen molar-refractivity contribution in [1.82, 2.24) is 0 Å². The number of halogens is 1. The Hall–Kier alpha value is -2.69. The van der Waals surface area contributed by atoms with E-state index in [-0.39, 0.29) is 11.7 Å². The van der Waals surface area contributed by atoms with Gasteiger partial charge in [-0.15, -0.1) is 0 Å². The SMILES string of the molecule is CC(=O)Nc1ccc(C(=O)O[C@@H](C)c2ccc(F)cc2)cc1. The van der Waals surface area contributed by atoms with Gasteiger partial charge in [-0.05, 0) is 48.9 Å². The third kappa shape index (κ3) is 4.15. The van der Waals surface area contributed by atoms with Crippen LogP contribution in [0.3, 0.4) is 0 Å². The number of amides is 1. The highest BCUT2D eigenvalue weighted by atomic mass is 19.1. The van der Waals surface area contributed by atoms with Crippen molar-refractivity contribution in [3.05, 3.63) is 65.5 Å². The summed E-state index contributed by atoms with van der Waals surface area (Å²) in [5, 5.41) is 2.62. The highest BCUT2D eigenvalue weighted by Crippen LogP contribution is 2.19. The number of carbonyl (C=O) groups excluding carboxylic acids is 2. The Morgan fingerprint density at radius 1 is 1.05 bits per heavy atom. The Labute approximate surface area is 127 Å². The second kappa shape index (κ2) is 6.85. The number of rotatable bonds is 4. The van der Waals surface area contributed by atoms with E-state index in [4.69, 9.17) is 4.74 Å². The molecule has 2 aromatic carbocycles. The van der Waals surface area contributed by atoms with E-state index in [1.54, 1.807) is 43.3 Å². The van der Waals surface area contributed by atoms with Crippen LogP contribution in [-0.4, -0.2) is 11.9 Å². The molecule has 114 valence electrons. The number of nitrogens with one attached hydrogen (secondary N) is 1. The number of benzene rings is 2. The lowest BCUT2D eigenvalue weighted by atomic mass is 10.1. The number of hydrogen-bond donors (Lipinski definition) is 1. The molecule has 1 amide bonds. The fourth-order valence-corrected chi connectivity index (χ4v) is 1.92. The molecule has 0 radical (unpaired) electrons. The van der Waals surface area contributed by atoms with Gasteiger partial charge in [0.1, 0.15) is 11.9 Å². The standard InChI is InChI=1S/C17H16FNO3/c1-11(13-3-7-15(18)8-4-13)22-17(21)14-5-9-16(10-6-14)19-12(2)20/h3-11H,1-2H3,(H,19,20)/t11-/m0/s1. The van der Waals surface area contributed by atoms with Gasteiger partial charge in [-0.25, -0.2) is 9.18 Å². The molecule has 0 spiro atoms. The van der Waals surface area contributed by atoms with Crippen molar-refractivity contribution in [2.75, 3.05) is 5.32 Å². The van der Waals surface area contributed by atoms with Crippen molar-refractivity contribution < 1.29 is 18.7 Å². The quantitative estimate of drug-likeness (QED) is 0.876. The lowest BCUT2D eigenvalue weighted by Gasteiger charge is -2.14. The summed E-state index contributed by atoms with van der Waals surface area (Å²) in [6, 6.07) is 12.2. The Bertz CT molecular complexity index is 665. The molecule has 0 aromatic heterocycles. The first-order chi connectivity index (χ1) is 10.5. The summed E-state index contributed by atoms with van der Waals surface area (Å²) in [6.07, 6.45) is -0.483. The molecule has 2 aromatic rings. The topological polar surface area (TPSA) is 55.4 Å². The number of anilines is 1. The molecule has 5 heteroatoms. The fraction of sp³-hybridized carbons (Fsp3) is 0.176. The van der Waals surface area contributed by atoms with Crippen LogP contribution in [0.15, 0.2) is 48.5 Å². The molecule has 0 saturated heterocycles. The van der Waals surface area contributed by atoms with Crippen molar-refractivity contribution in [1.29, 1.82) is 0 Å². The average molecular weight is 301 g/mol. The molecule has 0 unspecified atom stereocenters. The van der Waals surface area contributed by atoms with Crippen LogP contribution in [0, 0.1) is 5.82 Å². The van der Waals surface area contributed by atoms with Gasteiger partial charge in [0.05, 0.1) is 5.56 Å². The number of carbonyl (C=O) groups is 2.